The molecule has 0 atom stereocenters. The summed E-state index contributed by atoms with van der Waals surface area (Å²) in [5.74, 6) is 0.960. The fourth-order valence-electron chi connectivity index (χ4n) is 2.52. The quantitative estimate of drug-likeness (QED) is 0.858. The molecule has 0 bridgehead atoms. The SMILES string of the molecule is Cc1nc2ccc(OCCCN3CCNCC3)cc2s1. The van der Waals surface area contributed by atoms with Gasteiger partial charge in [-0.1, -0.05) is 0 Å². The van der Waals surface area contributed by atoms with Gasteiger partial charge in [-0.15, -0.1) is 11.3 Å². The van der Waals surface area contributed by atoms with E-state index in [1.807, 2.05) is 19.1 Å². The largest absolute Gasteiger partial charge is 0.493 e. The topological polar surface area (TPSA) is 37.4 Å². The number of ether oxygens (including phenoxy) is 1. The molecule has 0 radical (unpaired) electrons. The maximum atomic E-state index is 5.85. The van der Waals surface area contributed by atoms with Crippen LogP contribution in [0.3, 0.4) is 0 Å². The Hall–Kier alpha value is -1.17. The molecule has 1 aromatic carbocycles. The van der Waals surface area contributed by atoms with Gasteiger partial charge in [0.05, 0.1) is 21.8 Å². The molecule has 0 unspecified atom stereocenters. The molecule has 0 amide bonds. The van der Waals surface area contributed by atoms with Gasteiger partial charge in [0, 0.05) is 32.7 Å². The lowest BCUT2D eigenvalue weighted by atomic mass is 10.3. The molecule has 0 saturated carbocycles. The van der Waals surface area contributed by atoms with E-state index < -0.39 is 0 Å². The van der Waals surface area contributed by atoms with Crippen LogP contribution < -0.4 is 10.1 Å². The van der Waals surface area contributed by atoms with Crippen LogP contribution in [0.4, 0.5) is 0 Å². The van der Waals surface area contributed by atoms with Crippen molar-refractivity contribution in [2.45, 2.75) is 13.3 Å². The highest BCUT2D eigenvalue weighted by Gasteiger charge is 2.08. The second-order valence-corrected chi connectivity index (χ2v) is 6.39. The first-order valence-electron chi connectivity index (χ1n) is 7.24. The molecule has 1 fully saturated rings. The van der Waals surface area contributed by atoms with Gasteiger partial charge in [0.25, 0.3) is 0 Å². The highest BCUT2D eigenvalue weighted by atomic mass is 32.1. The van der Waals surface area contributed by atoms with E-state index in [1.165, 1.54) is 4.70 Å². The van der Waals surface area contributed by atoms with Crippen LogP contribution in [0.2, 0.25) is 0 Å². The monoisotopic (exact) mass is 291 g/mol. The van der Waals surface area contributed by atoms with E-state index in [-0.39, 0.29) is 0 Å². The van der Waals surface area contributed by atoms with Gasteiger partial charge in [0.15, 0.2) is 0 Å². The van der Waals surface area contributed by atoms with E-state index >= 15 is 0 Å². The number of hydrogen-bond donors (Lipinski definition) is 1. The Morgan fingerprint density at radius 1 is 1.35 bits per heavy atom. The lowest BCUT2D eigenvalue weighted by molar-refractivity contribution is 0.214. The zero-order chi connectivity index (χ0) is 13.8. The van der Waals surface area contributed by atoms with Gasteiger partial charge in [-0.3, -0.25) is 0 Å². The third kappa shape index (κ3) is 3.48. The van der Waals surface area contributed by atoms with Crippen molar-refractivity contribution < 1.29 is 4.74 Å². The summed E-state index contributed by atoms with van der Waals surface area (Å²) < 4.78 is 7.06. The van der Waals surface area contributed by atoms with E-state index in [4.69, 9.17) is 4.74 Å². The Labute approximate surface area is 123 Å². The number of hydrogen-bond acceptors (Lipinski definition) is 5. The van der Waals surface area contributed by atoms with Gasteiger partial charge in [-0.2, -0.15) is 0 Å². The highest BCUT2D eigenvalue weighted by Crippen LogP contribution is 2.25. The zero-order valence-electron chi connectivity index (χ0n) is 11.9. The number of rotatable bonds is 5. The average Bonchev–Trinajstić information content (AvgIpc) is 2.84. The van der Waals surface area contributed by atoms with Crippen LogP contribution in [0.25, 0.3) is 10.2 Å². The summed E-state index contributed by atoms with van der Waals surface area (Å²) >= 11 is 1.72. The Morgan fingerprint density at radius 2 is 2.20 bits per heavy atom. The van der Waals surface area contributed by atoms with Crippen LogP contribution in [0.1, 0.15) is 11.4 Å². The maximum absolute atomic E-state index is 5.85. The minimum Gasteiger partial charge on any atom is -0.493 e. The van der Waals surface area contributed by atoms with E-state index in [0.717, 1.165) is 62.0 Å². The third-order valence-corrected chi connectivity index (χ3v) is 4.50. The summed E-state index contributed by atoms with van der Waals surface area (Å²) in [4.78, 5) is 6.96. The van der Waals surface area contributed by atoms with Gasteiger partial charge in [0.2, 0.25) is 0 Å². The van der Waals surface area contributed by atoms with Crippen molar-refractivity contribution in [3.63, 3.8) is 0 Å². The van der Waals surface area contributed by atoms with Crippen molar-refractivity contribution in [2.75, 3.05) is 39.3 Å². The molecule has 3 rings (SSSR count). The standard InChI is InChI=1S/C15H21N3OS/c1-12-17-14-4-3-13(11-15(14)20-12)19-10-2-7-18-8-5-16-6-9-18/h3-4,11,16H,2,5-10H2,1H3. The molecular formula is C15H21N3OS. The van der Waals surface area contributed by atoms with Gasteiger partial charge < -0.3 is 15.0 Å². The maximum Gasteiger partial charge on any atom is 0.120 e. The van der Waals surface area contributed by atoms with Crippen molar-refractivity contribution in [1.82, 2.24) is 15.2 Å². The number of fused-ring (bicyclic) bond motifs is 1. The molecular weight excluding hydrogens is 270 g/mol. The molecule has 20 heavy (non-hydrogen) atoms. The first kappa shape index (κ1) is 13.8. The number of nitrogens with one attached hydrogen (secondary N) is 1. The van der Waals surface area contributed by atoms with Crippen LogP contribution in [0.5, 0.6) is 5.75 Å². The molecule has 5 heteroatoms. The number of benzene rings is 1. The number of aromatic nitrogens is 1. The smallest absolute Gasteiger partial charge is 0.120 e. The van der Waals surface area contributed by atoms with Crippen LogP contribution in [-0.4, -0.2) is 49.2 Å². The van der Waals surface area contributed by atoms with Crippen molar-refractivity contribution in [3.8, 4) is 5.75 Å². The number of piperazine rings is 1. The minimum atomic E-state index is 0.785. The summed E-state index contributed by atoms with van der Waals surface area (Å²) in [5, 5.41) is 4.48. The van der Waals surface area contributed by atoms with Crippen LogP contribution in [0, 0.1) is 6.92 Å². The van der Waals surface area contributed by atoms with Crippen molar-refractivity contribution in [3.05, 3.63) is 23.2 Å². The Kier molecular flexibility index (Phi) is 4.50. The molecule has 0 aliphatic carbocycles. The third-order valence-electron chi connectivity index (χ3n) is 3.56. The van der Waals surface area contributed by atoms with E-state index in [9.17, 15) is 0 Å². The Bertz CT molecular complexity index is 563. The zero-order valence-corrected chi connectivity index (χ0v) is 12.7. The second-order valence-electron chi connectivity index (χ2n) is 5.16. The normalized spacial score (nSPS) is 16.6. The van der Waals surface area contributed by atoms with Crippen molar-refractivity contribution >= 4 is 21.6 Å². The number of nitrogens with zero attached hydrogens (tertiary/aromatic N) is 2. The molecule has 1 N–H and O–H groups in total. The molecule has 2 heterocycles. The summed E-state index contributed by atoms with van der Waals surface area (Å²) in [7, 11) is 0. The van der Waals surface area contributed by atoms with E-state index in [1.54, 1.807) is 11.3 Å². The fraction of sp³-hybridized carbons (Fsp3) is 0.533. The average molecular weight is 291 g/mol. The van der Waals surface area contributed by atoms with Crippen molar-refractivity contribution in [1.29, 1.82) is 0 Å². The van der Waals surface area contributed by atoms with Crippen molar-refractivity contribution in [2.24, 2.45) is 0 Å². The summed E-state index contributed by atoms with van der Waals surface area (Å²) in [6.07, 6.45) is 1.08. The first-order chi connectivity index (χ1) is 9.81. The molecule has 1 saturated heterocycles. The predicted octanol–water partition coefficient (Wildman–Crippen LogP) is 2.28. The highest BCUT2D eigenvalue weighted by molar-refractivity contribution is 7.18. The summed E-state index contributed by atoms with van der Waals surface area (Å²) in [5.41, 5.74) is 1.07. The molecule has 1 aromatic heterocycles. The Balaban J connectivity index is 1.46. The lowest BCUT2D eigenvalue weighted by Gasteiger charge is -2.26. The number of thiazole rings is 1. The Morgan fingerprint density at radius 3 is 3.05 bits per heavy atom. The minimum absolute atomic E-state index is 0.785. The van der Waals surface area contributed by atoms with Gasteiger partial charge in [-0.25, -0.2) is 4.98 Å². The van der Waals surface area contributed by atoms with Gasteiger partial charge in [0.1, 0.15) is 5.75 Å². The van der Waals surface area contributed by atoms with Crippen LogP contribution >= 0.6 is 11.3 Å². The molecule has 2 aromatic rings. The van der Waals surface area contributed by atoms with E-state index in [2.05, 4.69) is 21.3 Å². The molecule has 0 spiro atoms. The summed E-state index contributed by atoms with van der Waals surface area (Å²) in [6, 6.07) is 6.17. The molecule has 4 nitrogen and oxygen atoms in total. The summed E-state index contributed by atoms with van der Waals surface area (Å²) in [6.45, 7) is 8.50. The fourth-order valence-corrected chi connectivity index (χ4v) is 3.38. The molecule has 1 aliphatic heterocycles. The van der Waals surface area contributed by atoms with Gasteiger partial charge >= 0.3 is 0 Å². The number of aryl methyl sites for hydroxylation is 1. The van der Waals surface area contributed by atoms with Crippen LogP contribution in [0.15, 0.2) is 18.2 Å². The van der Waals surface area contributed by atoms with Gasteiger partial charge in [-0.05, 0) is 31.5 Å². The lowest BCUT2D eigenvalue weighted by Crippen LogP contribution is -2.43. The van der Waals surface area contributed by atoms with Crippen LogP contribution in [-0.2, 0) is 0 Å². The predicted molar refractivity (Wildman–Crippen MR) is 83.8 cm³/mol. The second kappa shape index (κ2) is 6.52. The molecule has 1 aliphatic rings. The van der Waals surface area contributed by atoms with E-state index in [0.29, 0.717) is 0 Å². The first-order valence-corrected chi connectivity index (χ1v) is 8.06. The molecule has 108 valence electrons.